The van der Waals surface area contributed by atoms with Crippen molar-refractivity contribution >= 4 is 14.2 Å². The summed E-state index contributed by atoms with van der Waals surface area (Å²) in [6.07, 6.45) is 0.937. The van der Waals surface area contributed by atoms with E-state index in [9.17, 15) is 15.0 Å². The molecule has 6 nitrogen and oxygen atoms in total. The lowest BCUT2D eigenvalue weighted by Crippen LogP contribution is -2.47. The Bertz CT molecular complexity index is 1290. The van der Waals surface area contributed by atoms with Crippen LogP contribution in [0.25, 0.3) is 0 Å². The van der Waals surface area contributed by atoms with E-state index in [4.69, 9.17) is 4.43 Å². The molecule has 0 saturated heterocycles. The molecule has 0 aliphatic carbocycles. The van der Waals surface area contributed by atoms with Crippen LogP contribution in [0.1, 0.15) is 68.5 Å². The molecule has 0 aliphatic rings. The van der Waals surface area contributed by atoms with Crippen LogP contribution in [0, 0.1) is 0 Å². The van der Waals surface area contributed by atoms with Crippen molar-refractivity contribution in [2.24, 2.45) is 0 Å². The van der Waals surface area contributed by atoms with Gasteiger partial charge in [0, 0.05) is 24.2 Å². The second-order valence-electron chi connectivity index (χ2n) is 13.1. The van der Waals surface area contributed by atoms with Gasteiger partial charge < -0.3 is 25.3 Å². The van der Waals surface area contributed by atoms with Gasteiger partial charge >= 0.3 is 0 Å². The van der Waals surface area contributed by atoms with Crippen LogP contribution in [-0.2, 0) is 35.2 Å². The van der Waals surface area contributed by atoms with Crippen LogP contribution < -0.4 is 10.6 Å². The number of benzene rings is 3. The number of nitrogens with one attached hydrogen (secondary N) is 2. The summed E-state index contributed by atoms with van der Waals surface area (Å²) in [5.74, 6) is 0.0988. The smallest absolute Gasteiger partial charge is 0.224 e. The fraction of sp³-hybridized carbons (Fsp3) is 0.441. The number of aliphatic hydroxyl groups is 1. The van der Waals surface area contributed by atoms with Crippen molar-refractivity contribution in [3.63, 3.8) is 0 Å². The molecule has 1 atom stereocenters. The minimum absolute atomic E-state index is 0.00922. The van der Waals surface area contributed by atoms with E-state index in [-0.39, 0.29) is 34.9 Å². The van der Waals surface area contributed by atoms with Gasteiger partial charge in [-0.15, -0.1) is 0 Å². The highest BCUT2D eigenvalue weighted by atomic mass is 28.4. The average Bonchev–Trinajstić information content (AvgIpc) is 2.90. The maximum Gasteiger partial charge on any atom is 0.224 e. The van der Waals surface area contributed by atoms with Gasteiger partial charge in [-0.25, -0.2) is 0 Å². The molecule has 3 aromatic rings. The zero-order valence-electron chi connectivity index (χ0n) is 25.8. The van der Waals surface area contributed by atoms with E-state index < -0.39 is 8.32 Å². The van der Waals surface area contributed by atoms with E-state index >= 15 is 0 Å². The molecular formula is C34H48N2O4Si. The maximum atomic E-state index is 12.4. The predicted octanol–water partition coefficient (Wildman–Crippen LogP) is 6.42. The summed E-state index contributed by atoms with van der Waals surface area (Å²) in [5.41, 5.74) is 4.46. The molecule has 7 heteroatoms. The van der Waals surface area contributed by atoms with Gasteiger partial charge in [0.25, 0.3) is 0 Å². The minimum atomic E-state index is -2.11. The largest absolute Gasteiger partial charge is 0.508 e. The molecule has 3 aromatic carbocycles. The van der Waals surface area contributed by atoms with Crippen molar-refractivity contribution < 1.29 is 19.4 Å². The third-order valence-electron chi connectivity index (χ3n) is 7.99. The first-order valence-electron chi connectivity index (χ1n) is 14.4. The summed E-state index contributed by atoms with van der Waals surface area (Å²) in [4.78, 5) is 12.4. The number of hydrogen-bond acceptors (Lipinski definition) is 5. The van der Waals surface area contributed by atoms with Crippen molar-refractivity contribution in [2.45, 2.75) is 90.4 Å². The number of amides is 1. The van der Waals surface area contributed by atoms with Crippen molar-refractivity contribution in [3.05, 3.63) is 101 Å². The number of carbonyl (C=O) groups is 1. The normalized spacial score (nSPS) is 13.2. The second-order valence-corrected chi connectivity index (χ2v) is 17.9. The number of aromatic hydroxyl groups is 1. The number of aliphatic hydroxyl groups excluding tert-OH is 1. The highest BCUT2D eigenvalue weighted by Gasteiger charge is 2.39. The van der Waals surface area contributed by atoms with E-state index in [1.165, 1.54) is 5.56 Å². The molecule has 41 heavy (non-hydrogen) atoms. The molecule has 0 heterocycles. The topological polar surface area (TPSA) is 90.8 Å². The lowest BCUT2D eigenvalue weighted by atomic mass is 9.93. The van der Waals surface area contributed by atoms with E-state index in [1.54, 1.807) is 6.07 Å². The Morgan fingerprint density at radius 3 is 2.22 bits per heavy atom. The Balaban J connectivity index is 1.67. The molecular weight excluding hydrogens is 528 g/mol. The maximum absolute atomic E-state index is 12.4. The SMILES string of the molecule is CC(C)(Cc1cccc(CNC(=O)Cc2ccccc2)c1)NC[C@@H](O[Si](C)(C)C(C)(C)C)c1ccc(O)c(CO)c1. The second kappa shape index (κ2) is 13.8. The molecule has 0 unspecified atom stereocenters. The average molecular weight is 577 g/mol. The summed E-state index contributed by atoms with van der Waals surface area (Å²) in [5, 5.41) is 26.7. The van der Waals surface area contributed by atoms with Crippen molar-refractivity contribution in [3.8, 4) is 5.75 Å². The van der Waals surface area contributed by atoms with Crippen molar-refractivity contribution in [1.82, 2.24) is 10.6 Å². The fourth-order valence-electron chi connectivity index (χ4n) is 4.53. The third kappa shape index (κ3) is 9.82. The molecule has 0 radical (unpaired) electrons. The van der Waals surface area contributed by atoms with E-state index in [1.807, 2.05) is 54.6 Å². The van der Waals surface area contributed by atoms with Crippen LogP contribution in [0.5, 0.6) is 5.75 Å². The summed E-state index contributed by atoms with van der Waals surface area (Å²) in [6, 6.07) is 23.5. The highest BCUT2D eigenvalue weighted by Crippen LogP contribution is 2.40. The summed E-state index contributed by atoms with van der Waals surface area (Å²) in [7, 11) is -2.11. The summed E-state index contributed by atoms with van der Waals surface area (Å²) in [6.45, 7) is 16.4. The first kappa shape index (κ1) is 32.5. The number of rotatable bonds is 13. The summed E-state index contributed by atoms with van der Waals surface area (Å²) >= 11 is 0. The Kier molecular flexibility index (Phi) is 10.9. The Labute approximate surface area is 247 Å². The van der Waals surface area contributed by atoms with Crippen LogP contribution in [0.15, 0.2) is 72.8 Å². The molecule has 0 aliphatic heterocycles. The van der Waals surface area contributed by atoms with E-state index in [0.29, 0.717) is 25.1 Å². The first-order chi connectivity index (χ1) is 19.2. The monoisotopic (exact) mass is 576 g/mol. The molecule has 0 bridgehead atoms. The first-order valence-corrected chi connectivity index (χ1v) is 17.3. The van der Waals surface area contributed by atoms with Crippen molar-refractivity contribution in [1.29, 1.82) is 0 Å². The highest BCUT2D eigenvalue weighted by molar-refractivity contribution is 6.74. The van der Waals surface area contributed by atoms with Gasteiger partial charge in [0.15, 0.2) is 8.32 Å². The zero-order valence-corrected chi connectivity index (χ0v) is 26.8. The lowest BCUT2D eigenvalue weighted by Gasteiger charge is -2.40. The van der Waals surface area contributed by atoms with Crippen molar-refractivity contribution in [2.75, 3.05) is 6.54 Å². The number of hydrogen-bond donors (Lipinski definition) is 4. The Morgan fingerprint density at radius 1 is 0.902 bits per heavy atom. The van der Waals surface area contributed by atoms with Crippen LogP contribution >= 0.6 is 0 Å². The Morgan fingerprint density at radius 2 is 1.56 bits per heavy atom. The van der Waals surface area contributed by atoms with Gasteiger partial charge in [0.05, 0.1) is 19.1 Å². The van der Waals surface area contributed by atoms with Gasteiger partial charge in [-0.2, -0.15) is 0 Å². The lowest BCUT2D eigenvalue weighted by molar-refractivity contribution is -0.120. The molecule has 4 N–H and O–H groups in total. The quantitative estimate of drug-likeness (QED) is 0.176. The molecule has 0 aromatic heterocycles. The van der Waals surface area contributed by atoms with Gasteiger partial charge in [-0.05, 0) is 72.8 Å². The Hall–Kier alpha value is -2.97. The molecule has 0 fully saturated rings. The van der Waals surface area contributed by atoms with Gasteiger partial charge in [-0.1, -0.05) is 81.4 Å². The molecule has 1 amide bonds. The van der Waals surface area contributed by atoms with Gasteiger partial charge in [0.1, 0.15) is 5.75 Å². The van der Waals surface area contributed by atoms with Crippen LogP contribution in [0.4, 0.5) is 0 Å². The number of phenols is 1. The van der Waals surface area contributed by atoms with E-state index in [2.05, 4.69) is 70.5 Å². The van der Waals surface area contributed by atoms with Crippen LogP contribution in [0.3, 0.4) is 0 Å². The van der Waals surface area contributed by atoms with Gasteiger partial charge in [-0.3, -0.25) is 4.79 Å². The predicted molar refractivity (Wildman–Crippen MR) is 169 cm³/mol. The molecule has 3 rings (SSSR count). The number of carbonyl (C=O) groups excluding carboxylic acids is 1. The molecule has 222 valence electrons. The minimum Gasteiger partial charge on any atom is -0.508 e. The van der Waals surface area contributed by atoms with Crippen LogP contribution in [-0.4, -0.2) is 36.5 Å². The van der Waals surface area contributed by atoms with E-state index in [0.717, 1.165) is 23.1 Å². The standard InChI is InChI=1S/C34H48N2O4Si/c1-33(2,3)41(6,7)40-31(28-16-17-30(38)29(20-28)24-37)23-36-34(4,5)21-26-14-11-15-27(18-26)22-35-32(39)19-25-12-9-8-10-13-25/h8-18,20,31,36-38H,19,21-24H2,1-7H3,(H,35,39)/t31-/m1/s1. The third-order valence-corrected chi connectivity index (χ3v) is 12.5. The zero-order chi connectivity index (χ0) is 30.3. The van der Waals surface area contributed by atoms with Gasteiger partial charge in [0.2, 0.25) is 5.91 Å². The fourth-order valence-corrected chi connectivity index (χ4v) is 5.81. The molecule has 0 spiro atoms. The molecule has 0 saturated carbocycles. The van der Waals surface area contributed by atoms with Crippen LogP contribution in [0.2, 0.25) is 18.1 Å². The summed E-state index contributed by atoms with van der Waals surface area (Å²) < 4.78 is 6.86.